The normalized spacial score (nSPS) is 18.4. The molecule has 0 bridgehead atoms. The molecule has 0 atom stereocenters. The average Bonchev–Trinajstić information content (AvgIpc) is 2.95. The van der Waals surface area contributed by atoms with Gasteiger partial charge in [0.05, 0.1) is 26.7 Å². The Labute approximate surface area is 144 Å². The summed E-state index contributed by atoms with van der Waals surface area (Å²) >= 11 is 0. The van der Waals surface area contributed by atoms with Crippen LogP contribution in [-0.4, -0.2) is 39.8 Å². The number of anilines is 1. The van der Waals surface area contributed by atoms with E-state index in [1.165, 1.54) is 36.2 Å². The Bertz CT molecular complexity index is 681. The van der Waals surface area contributed by atoms with Gasteiger partial charge in [-0.05, 0) is 18.2 Å². The van der Waals surface area contributed by atoms with Gasteiger partial charge in [0, 0.05) is 23.7 Å². The average molecular weight is 331 g/mol. The fourth-order valence-electron chi connectivity index (χ4n) is 4.02. The van der Waals surface area contributed by atoms with E-state index >= 15 is 0 Å². The zero-order valence-electron chi connectivity index (χ0n) is 13.5. The minimum Gasteiger partial charge on any atom is -1.00 e. The molecule has 0 N–H and O–H groups in total. The number of methoxy groups -OCH3 is 1. The molecule has 1 fully saturated rings. The third-order valence-corrected chi connectivity index (χ3v) is 5.33. The van der Waals surface area contributed by atoms with Crippen molar-refractivity contribution in [1.29, 1.82) is 0 Å². The molecule has 3 nitrogen and oxygen atoms in total. The second kappa shape index (κ2) is 6.42. The molecule has 2 aromatic carbocycles. The van der Waals surface area contributed by atoms with Crippen molar-refractivity contribution in [3.8, 4) is 5.75 Å². The van der Waals surface area contributed by atoms with Gasteiger partial charge in [-0.15, -0.1) is 0 Å². The van der Waals surface area contributed by atoms with Crippen molar-refractivity contribution < 1.29 is 17.1 Å². The monoisotopic (exact) mass is 330 g/mol. The van der Waals surface area contributed by atoms with E-state index in [0.29, 0.717) is 0 Å². The van der Waals surface area contributed by atoms with E-state index in [2.05, 4.69) is 47.4 Å². The summed E-state index contributed by atoms with van der Waals surface area (Å²) in [7, 11) is 1.73. The van der Waals surface area contributed by atoms with E-state index in [1.807, 2.05) is 6.07 Å². The zero-order chi connectivity index (χ0) is 15.0. The van der Waals surface area contributed by atoms with Crippen molar-refractivity contribution >= 4 is 11.4 Å². The highest BCUT2D eigenvalue weighted by Gasteiger charge is 2.40. The quantitative estimate of drug-likeness (QED) is 0.723. The highest BCUT2D eigenvalue weighted by atomic mass is 35.5. The van der Waals surface area contributed by atoms with Crippen LogP contribution in [0.4, 0.5) is 11.4 Å². The molecular formula is C19H23ClN2O. The lowest BCUT2D eigenvalue weighted by Crippen LogP contribution is -3.00. The molecule has 23 heavy (non-hydrogen) atoms. The van der Waals surface area contributed by atoms with Crippen molar-refractivity contribution in [3.63, 3.8) is 0 Å². The molecule has 0 unspecified atom stereocenters. The van der Waals surface area contributed by atoms with E-state index in [1.54, 1.807) is 18.4 Å². The summed E-state index contributed by atoms with van der Waals surface area (Å²) in [6.45, 7) is 5.90. The van der Waals surface area contributed by atoms with E-state index in [9.17, 15) is 0 Å². The van der Waals surface area contributed by atoms with Crippen LogP contribution < -0.4 is 26.5 Å². The molecule has 2 heterocycles. The summed E-state index contributed by atoms with van der Waals surface area (Å²) in [4.78, 5) is 2.49. The Morgan fingerprint density at radius 1 is 0.957 bits per heavy atom. The number of quaternary nitrogens is 1. The van der Waals surface area contributed by atoms with Gasteiger partial charge in [-0.3, -0.25) is 4.48 Å². The first kappa shape index (κ1) is 16.2. The van der Waals surface area contributed by atoms with Crippen LogP contribution in [0.1, 0.15) is 5.56 Å². The van der Waals surface area contributed by atoms with E-state index in [-0.39, 0.29) is 12.4 Å². The number of benzene rings is 2. The van der Waals surface area contributed by atoms with Gasteiger partial charge in [-0.25, -0.2) is 0 Å². The van der Waals surface area contributed by atoms with Gasteiger partial charge < -0.3 is 22.0 Å². The number of halogens is 1. The van der Waals surface area contributed by atoms with Crippen LogP contribution >= 0.6 is 0 Å². The molecular weight excluding hydrogens is 308 g/mol. The van der Waals surface area contributed by atoms with Crippen LogP contribution in [0.15, 0.2) is 48.5 Å². The van der Waals surface area contributed by atoms with Crippen LogP contribution in [0.25, 0.3) is 0 Å². The maximum absolute atomic E-state index is 5.35. The molecule has 1 saturated heterocycles. The summed E-state index contributed by atoms with van der Waals surface area (Å²) in [5.74, 6) is 0.943. The van der Waals surface area contributed by atoms with Gasteiger partial charge in [0.25, 0.3) is 0 Å². The maximum atomic E-state index is 5.35. The molecule has 4 rings (SSSR count). The second-order valence-electron chi connectivity index (χ2n) is 6.38. The van der Waals surface area contributed by atoms with Crippen molar-refractivity contribution in [2.75, 3.05) is 44.7 Å². The number of fused-ring (bicyclic) bond motifs is 2. The Balaban J connectivity index is 0.00000156. The predicted octanol–water partition coefficient (Wildman–Crippen LogP) is 0.0828. The number of hydrogen-bond donors (Lipinski definition) is 0. The number of para-hydroxylation sites is 1. The summed E-state index contributed by atoms with van der Waals surface area (Å²) < 4.78 is 6.53. The topological polar surface area (TPSA) is 12.5 Å². The standard InChI is InChI=1S/C19H23N2O.ClH/c1-22-18-7-4-6-17(15-18)20-10-13-21(14-11-20)12-9-16-5-2-3-8-19(16)21;/h2-8,15H,9-14H2,1H3;1H/q+1;/p-1. The molecule has 122 valence electrons. The zero-order valence-corrected chi connectivity index (χ0v) is 14.3. The van der Waals surface area contributed by atoms with Gasteiger partial charge in [-0.2, -0.15) is 0 Å². The van der Waals surface area contributed by atoms with E-state index < -0.39 is 0 Å². The van der Waals surface area contributed by atoms with Gasteiger partial charge in [0.2, 0.25) is 0 Å². The highest BCUT2D eigenvalue weighted by Crippen LogP contribution is 2.36. The predicted molar refractivity (Wildman–Crippen MR) is 91.7 cm³/mol. The number of ether oxygens (including phenoxy) is 1. The number of hydrogen-bond acceptors (Lipinski definition) is 2. The summed E-state index contributed by atoms with van der Waals surface area (Å²) in [6.07, 6.45) is 1.23. The summed E-state index contributed by atoms with van der Waals surface area (Å²) in [5.41, 5.74) is 4.40. The van der Waals surface area contributed by atoms with E-state index in [4.69, 9.17) is 4.74 Å². The first-order valence-electron chi connectivity index (χ1n) is 8.14. The summed E-state index contributed by atoms with van der Waals surface area (Å²) in [6, 6.07) is 17.4. The Hall–Kier alpha value is -1.71. The molecule has 1 spiro atoms. The lowest BCUT2D eigenvalue weighted by atomic mass is 10.1. The van der Waals surface area contributed by atoms with Gasteiger partial charge in [0.15, 0.2) is 0 Å². The lowest BCUT2D eigenvalue weighted by molar-refractivity contribution is -0.00000470. The number of rotatable bonds is 2. The lowest BCUT2D eigenvalue weighted by Gasteiger charge is -2.43. The van der Waals surface area contributed by atoms with Gasteiger partial charge in [-0.1, -0.05) is 24.3 Å². The van der Waals surface area contributed by atoms with Gasteiger partial charge in [0.1, 0.15) is 24.5 Å². The smallest absolute Gasteiger partial charge is 0.136 e. The van der Waals surface area contributed by atoms with Crippen molar-refractivity contribution in [3.05, 3.63) is 54.1 Å². The molecule has 2 aliphatic rings. The molecule has 0 radical (unpaired) electrons. The third kappa shape index (κ3) is 2.79. The Morgan fingerprint density at radius 3 is 2.52 bits per heavy atom. The molecule has 2 aromatic rings. The molecule has 2 aliphatic heterocycles. The fraction of sp³-hybridized carbons (Fsp3) is 0.368. The highest BCUT2D eigenvalue weighted by molar-refractivity contribution is 5.57. The van der Waals surface area contributed by atoms with Crippen molar-refractivity contribution in [1.82, 2.24) is 4.48 Å². The molecule has 0 amide bonds. The largest absolute Gasteiger partial charge is 1.00 e. The molecule has 4 heteroatoms. The summed E-state index contributed by atoms with van der Waals surface area (Å²) in [5, 5.41) is 0. The molecule has 0 saturated carbocycles. The SMILES string of the molecule is COc1cccc(N2CC[N+]3(CCc4ccccc43)CC2)c1.[Cl-]. The first-order valence-corrected chi connectivity index (χ1v) is 8.14. The van der Waals surface area contributed by atoms with Gasteiger partial charge >= 0.3 is 0 Å². The fourth-order valence-corrected chi connectivity index (χ4v) is 4.02. The van der Waals surface area contributed by atoms with Crippen molar-refractivity contribution in [2.45, 2.75) is 6.42 Å². The Kier molecular flexibility index (Phi) is 4.51. The maximum Gasteiger partial charge on any atom is 0.136 e. The minimum absolute atomic E-state index is 0. The second-order valence-corrected chi connectivity index (χ2v) is 6.38. The van der Waals surface area contributed by atoms with Crippen LogP contribution in [0.3, 0.4) is 0 Å². The number of piperazine rings is 1. The van der Waals surface area contributed by atoms with Crippen LogP contribution in [-0.2, 0) is 6.42 Å². The van der Waals surface area contributed by atoms with Crippen molar-refractivity contribution in [2.24, 2.45) is 0 Å². The molecule has 0 aliphatic carbocycles. The van der Waals surface area contributed by atoms with Crippen LogP contribution in [0.5, 0.6) is 5.75 Å². The molecule has 0 aromatic heterocycles. The minimum atomic E-state index is 0. The van der Waals surface area contributed by atoms with E-state index in [0.717, 1.165) is 18.8 Å². The Morgan fingerprint density at radius 2 is 1.74 bits per heavy atom. The number of nitrogens with zero attached hydrogens (tertiary/aromatic N) is 2. The van der Waals surface area contributed by atoms with Crippen LogP contribution in [0.2, 0.25) is 0 Å². The first-order chi connectivity index (χ1) is 10.8. The third-order valence-electron chi connectivity index (χ3n) is 5.33. The van der Waals surface area contributed by atoms with Crippen LogP contribution in [0, 0.1) is 0 Å².